The Hall–Kier alpha value is -2.78. The van der Waals surface area contributed by atoms with Crippen molar-refractivity contribution in [2.45, 2.75) is 51.2 Å². The van der Waals surface area contributed by atoms with Crippen molar-refractivity contribution in [3.05, 3.63) is 51.7 Å². The third-order valence-corrected chi connectivity index (χ3v) is 7.43. The van der Waals surface area contributed by atoms with Crippen molar-refractivity contribution in [1.29, 1.82) is 0 Å². The molecule has 10 heteroatoms. The van der Waals surface area contributed by atoms with E-state index in [1.54, 1.807) is 27.8 Å². The molecule has 0 radical (unpaired) electrons. The quantitative estimate of drug-likeness (QED) is 0.378. The van der Waals surface area contributed by atoms with Crippen molar-refractivity contribution in [3.63, 3.8) is 0 Å². The zero-order valence-electron chi connectivity index (χ0n) is 18.5. The van der Waals surface area contributed by atoms with Crippen molar-refractivity contribution < 1.29 is 14.4 Å². The number of amides is 2. The number of nitrogens with one attached hydrogen (secondary N) is 1. The molecular weight excluding hydrogens is 522 g/mol. The number of rotatable bonds is 5. The minimum absolute atomic E-state index is 0.0267. The van der Waals surface area contributed by atoms with Crippen LogP contribution in [-0.4, -0.2) is 49.3 Å². The maximum atomic E-state index is 13.6. The van der Waals surface area contributed by atoms with Crippen LogP contribution in [-0.2, 0) is 16.1 Å². The number of hydrogen-bond donors (Lipinski definition) is 1. The van der Waals surface area contributed by atoms with Gasteiger partial charge in [0.25, 0.3) is 0 Å². The van der Waals surface area contributed by atoms with Crippen molar-refractivity contribution in [2.75, 3.05) is 5.32 Å². The summed E-state index contributed by atoms with van der Waals surface area (Å²) < 4.78 is 2.39. The molecule has 8 nitrogen and oxygen atoms in total. The van der Waals surface area contributed by atoms with E-state index in [4.69, 9.17) is 11.6 Å². The molecule has 1 aromatic carbocycles. The molecule has 176 valence electrons. The minimum atomic E-state index is -0.591. The van der Waals surface area contributed by atoms with Gasteiger partial charge in [0.2, 0.25) is 11.8 Å². The Bertz CT molecular complexity index is 1310. The number of aromatic nitrogens is 3. The molecule has 2 aromatic heterocycles. The summed E-state index contributed by atoms with van der Waals surface area (Å²) in [7, 11) is 0. The summed E-state index contributed by atoms with van der Waals surface area (Å²) in [5.74, 6) is 0.0339. The smallest absolute Gasteiger partial charge is 0.248 e. The van der Waals surface area contributed by atoms with E-state index in [1.165, 1.54) is 6.92 Å². The first-order valence-electron chi connectivity index (χ1n) is 11.2. The lowest BCUT2D eigenvalue weighted by molar-refractivity contribution is -0.139. The molecule has 1 saturated carbocycles. The van der Waals surface area contributed by atoms with E-state index in [1.807, 2.05) is 18.2 Å². The van der Waals surface area contributed by atoms with Crippen molar-refractivity contribution in [3.8, 4) is 0 Å². The Labute approximate surface area is 209 Å². The molecule has 1 aliphatic carbocycles. The first-order chi connectivity index (χ1) is 16.3. The number of carbonyl (C=O) groups excluding carboxylic acids is 3. The number of halogens is 2. The Morgan fingerprint density at radius 3 is 2.79 bits per heavy atom. The molecule has 0 bridgehead atoms. The second-order valence-corrected chi connectivity index (χ2v) is 10.2. The molecule has 1 aliphatic heterocycles. The van der Waals surface area contributed by atoms with Gasteiger partial charge in [0.1, 0.15) is 29.3 Å². The van der Waals surface area contributed by atoms with Gasteiger partial charge >= 0.3 is 0 Å². The number of anilines is 1. The van der Waals surface area contributed by atoms with Gasteiger partial charge in [-0.25, -0.2) is 4.98 Å². The zero-order chi connectivity index (χ0) is 24.0. The van der Waals surface area contributed by atoms with Gasteiger partial charge in [-0.3, -0.25) is 19.1 Å². The van der Waals surface area contributed by atoms with Crippen LogP contribution in [0, 0.1) is 5.92 Å². The van der Waals surface area contributed by atoms with Gasteiger partial charge in [0.15, 0.2) is 5.78 Å². The number of ketones is 1. The zero-order valence-corrected chi connectivity index (χ0v) is 20.8. The number of benzene rings is 1. The van der Waals surface area contributed by atoms with Crippen LogP contribution in [0.3, 0.4) is 0 Å². The maximum Gasteiger partial charge on any atom is 0.248 e. The molecule has 34 heavy (non-hydrogen) atoms. The molecule has 1 N–H and O–H groups in total. The Kier molecular flexibility index (Phi) is 6.16. The molecule has 1 saturated heterocycles. The molecule has 2 amide bonds. The normalized spacial score (nSPS) is 21.6. The fourth-order valence-corrected chi connectivity index (χ4v) is 5.84. The number of Topliss-reactive ketones (excluding diaryl/α,β-unsaturated/α-hetero) is 1. The number of hydrogen-bond acceptors (Lipinski definition) is 5. The molecule has 1 unspecified atom stereocenters. The van der Waals surface area contributed by atoms with Gasteiger partial charge in [-0.05, 0) is 55.5 Å². The average Bonchev–Trinajstić information content (AvgIpc) is 3.46. The molecular formula is C24H23BrClN5O3. The van der Waals surface area contributed by atoms with Gasteiger partial charge in [0.05, 0.1) is 5.52 Å². The first kappa shape index (κ1) is 23.0. The van der Waals surface area contributed by atoms with Crippen LogP contribution in [0.1, 0.15) is 43.1 Å². The monoisotopic (exact) mass is 543 g/mol. The Morgan fingerprint density at radius 2 is 2.03 bits per heavy atom. The predicted molar refractivity (Wildman–Crippen MR) is 132 cm³/mol. The fraction of sp³-hybridized carbons (Fsp3) is 0.375. The third kappa shape index (κ3) is 4.22. The van der Waals surface area contributed by atoms with E-state index >= 15 is 0 Å². The summed E-state index contributed by atoms with van der Waals surface area (Å²) >= 11 is 9.39. The molecule has 3 atom stereocenters. The number of carbonyl (C=O) groups is 3. The fourth-order valence-electron chi connectivity index (χ4n) is 5.31. The number of fused-ring (bicyclic) bond motifs is 2. The number of likely N-dealkylation sites (tertiary alicyclic amines) is 1. The van der Waals surface area contributed by atoms with Crippen LogP contribution in [0.2, 0.25) is 5.15 Å². The van der Waals surface area contributed by atoms with Gasteiger partial charge in [-0.15, -0.1) is 0 Å². The SMILES string of the molecule is CC(=O)c1nn(CC(=O)N2C(C(=O)Nc3cccc(Cl)n3)C[C@@H]3CCC[C@@H]32)c2ccc(Br)cc12. The summed E-state index contributed by atoms with van der Waals surface area (Å²) in [6.07, 6.45) is 3.53. The first-order valence-corrected chi connectivity index (χ1v) is 12.4. The Morgan fingerprint density at radius 1 is 1.21 bits per heavy atom. The van der Waals surface area contributed by atoms with Crippen molar-refractivity contribution in [1.82, 2.24) is 19.7 Å². The molecule has 2 aliphatic rings. The van der Waals surface area contributed by atoms with Crippen molar-refractivity contribution >= 4 is 61.8 Å². The van der Waals surface area contributed by atoms with Crippen LogP contribution in [0.25, 0.3) is 10.9 Å². The molecule has 5 rings (SSSR count). The summed E-state index contributed by atoms with van der Waals surface area (Å²) in [5, 5.41) is 8.24. The molecule has 3 aromatic rings. The van der Waals surface area contributed by atoms with Crippen LogP contribution >= 0.6 is 27.5 Å². The highest BCUT2D eigenvalue weighted by molar-refractivity contribution is 9.10. The highest BCUT2D eigenvalue weighted by atomic mass is 79.9. The van der Waals surface area contributed by atoms with Crippen LogP contribution in [0.4, 0.5) is 5.82 Å². The standard InChI is InChI=1S/C24H23BrClN5O3/c1-13(32)23-16-11-15(25)8-9-18(16)30(29-23)12-22(33)31-17-5-2-4-14(17)10-19(31)24(34)28-21-7-3-6-20(26)27-21/h3,6-9,11,14,17,19H,2,4-5,10,12H2,1H3,(H,27,28,34)/t14-,17-,19?/m0/s1. The maximum absolute atomic E-state index is 13.6. The van der Waals surface area contributed by atoms with E-state index in [0.717, 1.165) is 23.7 Å². The van der Waals surface area contributed by atoms with Gasteiger partial charge in [-0.1, -0.05) is 40.0 Å². The molecule has 2 fully saturated rings. The van der Waals surface area contributed by atoms with Crippen molar-refractivity contribution in [2.24, 2.45) is 5.92 Å². The lowest BCUT2D eigenvalue weighted by Crippen LogP contribution is -2.48. The van der Waals surface area contributed by atoms with E-state index in [2.05, 4.69) is 31.3 Å². The predicted octanol–water partition coefficient (Wildman–Crippen LogP) is 4.46. The largest absolute Gasteiger partial charge is 0.326 e. The lowest BCUT2D eigenvalue weighted by atomic mass is 10.0. The minimum Gasteiger partial charge on any atom is -0.326 e. The second kappa shape index (κ2) is 9.11. The summed E-state index contributed by atoms with van der Waals surface area (Å²) in [5.41, 5.74) is 1.03. The van der Waals surface area contributed by atoms with Gasteiger partial charge < -0.3 is 10.2 Å². The summed E-state index contributed by atoms with van der Waals surface area (Å²) in [6.45, 7) is 1.41. The van der Waals surface area contributed by atoms with E-state index in [-0.39, 0.29) is 35.3 Å². The summed E-state index contributed by atoms with van der Waals surface area (Å²) in [4.78, 5) is 44.9. The number of pyridine rings is 1. The van der Waals surface area contributed by atoms with E-state index in [9.17, 15) is 14.4 Å². The van der Waals surface area contributed by atoms with Crippen LogP contribution in [0.5, 0.6) is 0 Å². The van der Waals surface area contributed by atoms with Gasteiger partial charge in [0, 0.05) is 22.8 Å². The van der Waals surface area contributed by atoms with Crippen LogP contribution < -0.4 is 5.32 Å². The highest BCUT2D eigenvalue weighted by Crippen LogP contribution is 2.42. The van der Waals surface area contributed by atoms with E-state index < -0.39 is 6.04 Å². The summed E-state index contributed by atoms with van der Waals surface area (Å²) in [6, 6.07) is 9.97. The average molecular weight is 545 g/mol. The number of nitrogens with zero attached hydrogens (tertiary/aromatic N) is 4. The van der Waals surface area contributed by atoms with Gasteiger partial charge in [-0.2, -0.15) is 5.10 Å². The highest BCUT2D eigenvalue weighted by Gasteiger charge is 2.48. The second-order valence-electron chi connectivity index (χ2n) is 8.87. The lowest BCUT2D eigenvalue weighted by Gasteiger charge is -2.29. The van der Waals surface area contributed by atoms with Crippen LogP contribution in [0.15, 0.2) is 40.9 Å². The Balaban J connectivity index is 1.43. The third-order valence-electron chi connectivity index (χ3n) is 6.73. The van der Waals surface area contributed by atoms with E-state index in [0.29, 0.717) is 34.8 Å². The molecule has 3 heterocycles. The molecule has 0 spiro atoms. The topological polar surface area (TPSA) is 97.2 Å².